The lowest BCUT2D eigenvalue weighted by Crippen LogP contribution is -2.22. The third-order valence-electron chi connectivity index (χ3n) is 2.14. The van der Waals surface area contributed by atoms with E-state index in [-0.39, 0.29) is 18.8 Å². The van der Waals surface area contributed by atoms with Crippen molar-refractivity contribution in [2.45, 2.75) is 38.3 Å². The quantitative estimate of drug-likeness (QED) is 0.542. The minimum atomic E-state index is -3.04. The van der Waals surface area contributed by atoms with Crippen LogP contribution in [0.5, 0.6) is 0 Å². The number of hydrogen-bond donors (Lipinski definition) is 0. The molecule has 1 aliphatic rings. The van der Waals surface area contributed by atoms with E-state index in [4.69, 9.17) is 0 Å². The summed E-state index contributed by atoms with van der Waals surface area (Å²) >= 11 is 0. The number of alkyl halides is 3. The minimum absolute atomic E-state index is 0.0451. The number of halogens is 3. The molecule has 1 unspecified atom stereocenters. The zero-order chi connectivity index (χ0) is 7.78. The summed E-state index contributed by atoms with van der Waals surface area (Å²) in [5.41, 5.74) is 0. The van der Waals surface area contributed by atoms with E-state index in [1.54, 1.807) is 0 Å². The molecule has 0 saturated heterocycles. The van der Waals surface area contributed by atoms with E-state index in [1.165, 1.54) is 0 Å². The van der Waals surface area contributed by atoms with E-state index in [2.05, 4.69) is 0 Å². The van der Waals surface area contributed by atoms with Gasteiger partial charge in [-0.1, -0.05) is 13.3 Å². The third kappa shape index (κ3) is 1.27. The first-order valence-electron chi connectivity index (χ1n) is 3.58. The normalized spacial score (nSPS) is 38.4. The van der Waals surface area contributed by atoms with Gasteiger partial charge in [0, 0.05) is 6.42 Å². The molecule has 0 aromatic rings. The molecule has 0 aromatic heterocycles. The van der Waals surface area contributed by atoms with E-state index in [9.17, 15) is 13.2 Å². The highest BCUT2D eigenvalue weighted by Gasteiger charge is 2.48. The maximum atomic E-state index is 12.4. The first-order valence-corrected chi connectivity index (χ1v) is 3.58. The van der Waals surface area contributed by atoms with Crippen LogP contribution in [0.4, 0.5) is 13.2 Å². The molecule has 0 N–H and O–H groups in total. The maximum absolute atomic E-state index is 12.4. The van der Waals surface area contributed by atoms with Gasteiger partial charge in [0.25, 0.3) is 5.92 Å². The molecule has 0 aliphatic heterocycles. The molecule has 10 heavy (non-hydrogen) atoms. The zero-order valence-corrected chi connectivity index (χ0v) is 5.91. The summed E-state index contributed by atoms with van der Waals surface area (Å²) in [5, 5.41) is 0. The van der Waals surface area contributed by atoms with Crippen molar-refractivity contribution in [3.05, 3.63) is 0 Å². The number of hydrogen-bond acceptors (Lipinski definition) is 0. The van der Waals surface area contributed by atoms with Gasteiger partial charge >= 0.3 is 0 Å². The molecule has 0 bridgehead atoms. The van der Waals surface area contributed by atoms with Gasteiger partial charge in [0.2, 0.25) is 0 Å². The van der Waals surface area contributed by atoms with E-state index in [0.29, 0.717) is 6.42 Å². The van der Waals surface area contributed by atoms with Crippen molar-refractivity contribution in [3.63, 3.8) is 0 Å². The van der Waals surface area contributed by atoms with Gasteiger partial charge in [0.15, 0.2) is 6.17 Å². The predicted molar refractivity (Wildman–Crippen MR) is 32.9 cm³/mol. The van der Waals surface area contributed by atoms with Gasteiger partial charge in [0.1, 0.15) is 0 Å². The summed E-state index contributed by atoms with van der Waals surface area (Å²) in [7, 11) is 0. The van der Waals surface area contributed by atoms with Crippen LogP contribution in [0.1, 0.15) is 26.2 Å². The van der Waals surface area contributed by atoms with Gasteiger partial charge in [0.05, 0.1) is 0 Å². The molecule has 1 aliphatic carbocycles. The standard InChI is InChI=1S/C7H11F3/c1-2-5-3-6(8)7(9,10)4-5/h5-6H,2-4H2,1H3/t5?,6-/m0/s1. The summed E-state index contributed by atoms with van der Waals surface area (Å²) in [6.07, 6.45) is -1.44. The maximum Gasteiger partial charge on any atom is 0.278 e. The summed E-state index contributed by atoms with van der Waals surface area (Å²) in [6.45, 7) is 1.82. The van der Waals surface area contributed by atoms with E-state index in [1.807, 2.05) is 6.92 Å². The molecule has 0 heterocycles. The van der Waals surface area contributed by atoms with Gasteiger partial charge in [-0.25, -0.2) is 13.2 Å². The second kappa shape index (κ2) is 2.44. The predicted octanol–water partition coefficient (Wildman–Crippen LogP) is 2.78. The van der Waals surface area contributed by atoms with E-state index >= 15 is 0 Å². The van der Waals surface area contributed by atoms with Crippen molar-refractivity contribution in [3.8, 4) is 0 Å². The Labute approximate surface area is 58.4 Å². The molecule has 0 radical (unpaired) electrons. The second-order valence-corrected chi connectivity index (χ2v) is 2.94. The first-order chi connectivity index (χ1) is 4.56. The lowest BCUT2D eigenvalue weighted by molar-refractivity contribution is -0.0515. The van der Waals surface area contributed by atoms with Crippen molar-refractivity contribution in [1.29, 1.82) is 0 Å². The summed E-state index contributed by atoms with van der Waals surface area (Å²) in [5.74, 6) is -3.15. The number of rotatable bonds is 1. The monoisotopic (exact) mass is 152 g/mol. The van der Waals surface area contributed by atoms with Crippen LogP contribution in [0.15, 0.2) is 0 Å². The van der Waals surface area contributed by atoms with Crippen molar-refractivity contribution >= 4 is 0 Å². The Balaban J connectivity index is 2.53. The van der Waals surface area contributed by atoms with Crippen LogP contribution in [0.3, 0.4) is 0 Å². The largest absolute Gasteiger partial charge is 0.278 e. The van der Waals surface area contributed by atoms with E-state index in [0.717, 1.165) is 0 Å². The molecular formula is C7H11F3. The van der Waals surface area contributed by atoms with Gasteiger partial charge in [-0.2, -0.15) is 0 Å². The van der Waals surface area contributed by atoms with E-state index < -0.39 is 12.1 Å². The second-order valence-electron chi connectivity index (χ2n) is 2.94. The first kappa shape index (κ1) is 7.89. The van der Waals surface area contributed by atoms with Crippen LogP contribution < -0.4 is 0 Å². The Morgan fingerprint density at radius 1 is 1.50 bits per heavy atom. The average molecular weight is 152 g/mol. The fourth-order valence-corrected chi connectivity index (χ4v) is 1.37. The minimum Gasteiger partial charge on any atom is -0.241 e. The Bertz CT molecular complexity index is 122. The van der Waals surface area contributed by atoms with Gasteiger partial charge < -0.3 is 0 Å². The summed E-state index contributed by atoms with van der Waals surface area (Å²) in [4.78, 5) is 0. The lowest BCUT2D eigenvalue weighted by Gasteiger charge is -2.09. The lowest BCUT2D eigenvalue weighted by atomic mass is 10.1. The van der Waals surface area contributed by atoms with Crippen LogP contribution in [0, 0.1) is 5.92 Å². The van der Waals surface area contributed by atoms with Crippen molar-refractivity contribution in [2.75, 3.05) is 0 Å². The molecule has 0 spiro atoms. The Hall–Kier alpha value is -0.210. The molecule has 1 rings (SSSR count). The molecule has 0 aromatic carbocycles. The van der Waals surface area contributed by atoms with Crippen LogP contribution in [-0.4, -0.2) is 12.1 Å². The smallest absolute Gasteiger partial charge is 0.241 e. The molecule has 1 fully saturated rings. The molecule has 1 saturated carbocycles. The van der Waals surface area contributed by atoms with Crippen molar-refractivity contribution in [1.82, 2.24) is 0 Å². The molecule has 2 atom stereocenters. The SMILES string of the molecule is CCC1C[C@H](F)C(F)(F)C1. The molecule has 0 nitrogen and oxygen atoms in total. The van der Waals surface area contributed by atoms with Gasteiger partial charge in [-0.05, 0) is 12.3 Å². The van der Waals surface area contributed by atoms with Crippen LogP contribution >= 0.6 is 0 Å². The average Bonchev–Trinajstić information content (AvgIpc) is 2.08. The highest BCUT2D eigenvalue weighted by Crippen LogP contribution is 2.42. The summed E-state index contributed by atoms with van der Waals surface area (Å²) < 4.78 is 37.2. The Morgan fingerprint density at radius 2 is 2.10 bits per heavy atom. The molecule has 60 valence electrons. The fourth-order valence-electron chi connectivity index (χ4n) is 1.37. The van der Waals surface area contributed by atoms with Crippen LogP contribution in [-0.2, 0) is 0 Å². The fraction of sp³-hybridized carbons (Fsp3) is 1.00. The molecular weight excluding hydrogens is 141 g/mol. The van der Waals surface area contributed by atoms with Crippen LogP contribution in [0.25, 0.3) is 0 Å². The van der Waals surface area contributed by atoms with Crippen LogP contribution in [0.2, 0.25) is 0 Å². The van der Waals surface area contributed by atoms with Crippen molar-refractivity contribution < 1.29 is 13.2 Å². The molecule has 0 amide bonds. The highest BCUT2D eigenvalue weighted by atomic mass is 19.3. The van der Waals surface area contributed by atoms with Gasteiger partial charge in [-0.3, -0.25) is 0 Å². The summed E-state index contributed by atoms with van der Waals surface area (Å²) in [6, 6.07) is 0. The zero-order valence-electron chi connectivity index (χ0n) is 5.91. The third-order valence-corrected chi connectivity index (χ3v) is 2.14. The topological polar surface area (TPSA) is 0 Å². The van der Waals surface area contributed by atoms with Gasteiger partial charge in [-0.15, -0.1) is 0 Å². The van der Waals surface area contributed by atoms with Crippen molar-refractivity contribution in [2.24, 2.45) is 5.92 Å². The Morgan fingerprint density at radius 3 is 2.30 bits per heavy atom. The Kier molecular flexibility index (Phi) is 1.92. The molecule has 3 heteroatoms. The highest BCUT2D eigenvalue weighted by molar-refractivity contribution is 4.88.